The lowest BCUT2D eigenvalue weighted by Crippen LogP contribution is -2.24. The number of carbonyl (C=O) groups excluding carboxylic acids is 2. The van der Waals surface area contributed by atoms with Crippen molar-refractivity contribution in [2.45, 2.75) is 24.8 Å². The molecule has 1 aromatic heterocycles. The Morgan fingerprint density at radius 3 is 2.45 bits per heavy atom. The first-order valence-corrected chi connectivity index (χ1v) is 13.2. The van der Waals surface area contributed by atoms with Crippen LogP contribution < -0.4 is 15.4 Å². The summed E-state index contributed by atoms with van der Waals surface area (Å²) >= 11 is 7.32. The maximum Gasteiger partial charge on any atom is 0.418 e. The number of nitrogens with zero attached hydrogens (tertiary/aromatic N) is 3. The highest BCUT2D eigenvalue weighted by molar-refractivity contribution is 7.99. The second-order valence-electron chi connectivity index (χ2n) is 8.41. The minimum absolute atomic E-state index is 0.00443. The number of ether oxygens (including phenoxy) is 1. The minimum atomic E-state index is -4.62. The van der Waals surface area contributed by atoms with Crippen LogP contribution in [-0.2, 0) is 17.5 Å². The molecule has 208 valence electrons. The molecule has 3 aromatic carbocycles. The maximum absolute atomic E-state index is 13.3. The van der Waals surface area contributed by atoms with Crippen molar-refractivity contribution in [2.24, 2.45) is 0 Å². The number of nitrogens with one attached hydrogen (secondary N) is 2. The molecular formula is C27H23ClF3N5O3S. The van der Waals surface area contributed by atoms with Crippen LogP contribution in [-0.4, -0.2) is 39.4 Å². The molecule has 1 heterocycles. The van der Waals surface area contributed by atoms with Gasteiger partial charge in [0, 0.05) is 10.6 Å². The van der Waals surface area contributed by atoms with Crippen molar-refractivity contribution >= 4 is 40.9 Å². The van der Waals surface area contributed by atoms with Crippen molar-refractivity contribution in [3.63, 3.8) is 0 Å². The number of para-hydroxylation sites is 1. The van der Waals surface area contributed by atoms with Gasteiger partial charge in [-0.3, -0.25) is 14.2 Å². The van der Waals surface area contributed by atoms with Crippen LogP contribution >= 0.6 is 23.4 Å². The van der Waals surface area contributed by atoms with E-state index in [9.17, 15) is 22.8 Å². The van der Waals surface area contributed by atoms with E-state index in [1.165, 1.54) is 25.3 Å². The van der Waals surface area contributed by atoms with E-state index < -0.39 is 17.6 Å². The third kappa shape index (κ3) is 6.75. The lowest BCUT2D eigenvalue weighted by Gasteiger charge is -2.15. The molecule has 0 aliphatic rings. The van der Waals surface area contributed by atoms with E-state index in [1.807, 2.05) is 0 Å². The molecular weight excluding hydrogens is 567 g/mol. The molecule has 0 radical (unpaired) electrons. The zero-order valence-electron chi connectivity index (χ0n) is 21.3. The number of aromatic nitrogens is 3. The van der Waals surface area contributed by atoms with Crippen LogP contribution in [0.15, 0.2) is 71.9 Å². The highest BCUT2D eigenvalue weighted by Crippen LogP contribution is 2.35. The fraction of sp³-hybridized carbons (Fsp3) is 0.185. The highest BCUT2D eigenvalue weighted by atomic mass is 35.5. The maximum atomic E-state index is 13.3. The quantitative estimate of drug-likeness (QED) is 0.235. The zero-order valence-corrected chi connectivity index (χ0v) is 22.8. The molecule has 4 aromatic rings. The van der Waals surface area contributed by atoms with E-state index in [0.29, 0.717) is 38.6 Å². The molecule has 0 aliphatic carbocycles. The normalized spacial score (nSPS) is 11.2. The zero-order chi connectivity index (χ0) is 28.9. The number of hydrogen-bond acceptors (Lipinski definition) is 6. The second kappa shape index (κ2) is 12.4. The predicted molar refractivity (Wildman–Crippen MR) is 146 cm³/mol. The molecule has 13 heteroatoms. The minimum Gasteiger partial charge on any atom is -0.497 e. The first kappa shape index (κ1) is 29.0. The number of methoxy groups -OCH3 is 1. The Kier molecular flexibility index (Phi) is 9.00. The average molecular weight is 590 g/mol. The lowest BCUT2D eigenvalue weighted by molar-refractivity contribution is -0.137. The summed E-state index contributed by atoms with van der Waals surface area (Å²) in [4.78, 5) is 25.3. The van der Waals surface area contributed by atoms with Gasteiger partial charge in [-0.05, 0) is 61.0 Å². The fourth-order valence-corrected chi connectivity index (χ4v) is 4.68. The third-order valence-electron chi connectivity index (χ3n) is 5.78. The summed E-state index contributed by atoms with van der Waals surface area (Å²) < 4.78 is 46.7. The summed E-state index contributed by atoms with van der Waals surface area (Å²) in [5.74, 6) is -0.287. The molecule has 4 rings (SSSR count). The van der Waals surface area contributed by atoms with Gasteiger partial charge >= 0.3 is 6.18 Å². The lowest BCUT2D eigenvalue weighted by atomic mass is 10.1. The van der Waals surface area contributed by atoms with Crippen LogP contribution in [0.2, 0.25) is 5.02 Å². The number of amides is 2. The van der Waals surface area contributed by atoms with Gasteiger partial charge in [0.15, 0.2) is 11.0 Å². The molecule has 0 saturated carbocycles. The van der Waals surface area contributed by atoms with Gasteiger partial charge in [0.2, 0.25) is 5.91 Å². The molecule has 0 unspecified atom stereocenters. The molecule has 2 N–H and O–H groups in total. The van der Waals surface area contributed by atoms with E-state index >= 15 is 0 Å². The smallest absolute Gasteiger partial charge is 0.418 e. The van der Waals surface area contributed by atoms with Crippen LogP contribution in [0.5, 0.6) is 5.75 Å². The van der Waals surface area contributed by atoms with Crippen molar-refractivity contribution in [3.05, 3.63) is 94.3 Å². The number of hydrogen-bond donors (Lipinski definition) is 2. The van der Waals surface area contributed by atoms with Gasteiger partial charge in [-0.15, -0.1) is 10.2 Å². The summed E-state index contributed by atoms with van der Waals surface area (Å²) in [6.07, 6.45) is -4.62. The van der Waals surface area contributed by atoms with E-state index in [-0.39, 0.29) is 23.9 Å². The molecule has 0 bridgehead atoms. The molecule has 0 spiro atoms. The molecule has 40 heavy (non-hydrogen) atoms. The number of alkyl halides is 3. The van der Waals surface area contributed by atoms with Crippen LogP contribution in [0, 0.1) is 6.92 Å². The first-order chi connectivity index (χ1) is 19.1. The molecule has 0 atom stereocenters. The van der Waals surface area contributed by atoms with Gasteiger partial charge in [-0.2, -0.15) is 13.2 Å². The van der Waals surface area contributed by atoms with Crippen LogP contribution in [0.25, 0.3) is 5.69 Å². The van der Waals surface area contributed by atoms with Gasteiger partial charge in [-0.25, -0.2) is 0 Å². The van der Waals surface area contributed by atoms with Gasteiger partial charge in [0.1, 0.15) is 5.75 Å². The van der Waals surface area contributed by atoms with Crippen LogP contribution in [0.4, 0.5) is 18.9 Å². The number of benzene rings is 3. The Labute approximate surface area is 236 Å². The Morgan fingerprint density at radius 2 is 1.75 bits per heavy atom. The molecule has 2 amide bonds. The van der Waals surface area contributed by atoms with Crippen LogP contribution in [0.3, 0.4) is 0 Å². The number of anilines is 1. The first-order valence-electron chi connectivity index (χ1n) is 11.8. The van der Waals surface area contributed by atoms with Gasteiger partial charge in [0.25, 0.3) is 5.91 Å². The standard InChI is InChI=1S/C27H23ClF3N5O3S/c1-16-20(28)7-5-9-22(16)36-23(14-32-25(38)17-10-12-18(39-2)13-11-17)34-35-26(36)40-15-24(37)33-21-8-4-3-6-19(21)27(29,30)31/h3-13H,14-15H2,1-2H3,(H,32,38)(H,33,37). The monoisotopic (exact) mass is 589 g/mol. The number of halogens is 4. The van der Waals surface area contributed by atoms with Crippen LogP contribution in [0.1, 0.15) is 27.3 Å². The molecule has 8 nitrogen and oxygen atoms in total. The fourth-order valence-electron chi connectivity index (χ4n) is 3.75. The van der Waals surface area contributed by atoms with Crippen molar-refractivity contribution in [2.75, 3.05) is 18.2 Å². The number of rotatable bonds is 9. The van der Waals surface area contributed by atoms with Gasteiger partial charge in [0.05, 0.1) is 36.3 Å². The predicted octanol–water partition coefficient (Wildman–Crippen LogP) is 5.92. The summed E-state index contributed by atoms with van der Waals surface area (Å²) in [5.41, 5.74) is 0.459. The summed E-state index contributed by atoms with van der Waals surface area (Å²) in [6.45, 7) is 1.79. The summed E-state index contributed by atoms with van der Waals surface area (Å²) in [5, 5.41) is 14.3. The Hall–Kier alpha value is -4.03. The largest absolute Gasteiger partial charge is 0.497 e. The van der Waals surface area contributed by atoms with Gasteiger partial charge in [-0.1, -0.05) is 41.6 Å². The molecule has 0 aliphatic heterocycles. The third-order valence-corrected chi connectivity index (χ3v) is 7.12. The van der Waals surface area contributed by atoms with Crippen molar-refractivity contribution in [1.29, 1.82) is 0 Å². The average Bonchev–Trinajstić information content (AvgIpc) is 3.34. The topological polar surface area (TPSA) is 98.1 Å². The second-order valence-corrected chi connectivity index (χ2v) is 9.76. The molecule has 0 fully saturated rings. The Bertz CT molecular complexity index is 1530. The van der Waals surface area contributed by atoms with E-state index in [4.69, 9.17) is 16.3 Å². The number of carbonyl (C=O) groups is 2. The number of thioether (sulfide) groups is 1. The van der Waals surface area contributed by atoms with Crippen molar-refractivity contribution in [1.82, 2.24) is 20.1 Å². The Balaban J connectivity index is 1.54. The highest BCUT2D eigenvalue weighted by Gasteiger charge is 2.33. The van der Waals surface area contributed by atoms with E-state index in [1.54, 1.807) is 54.0 Å². The van der Waals surface area contributed by atoms with Crippen molar-refractivity contribution < 1.29 is 27.5 Å². The van der Waals surface area contributed by atoms with E-state index in [2.05, 4.69) is 20.8 Å². The SMILES string of the molecule is COc1ccc(C(=O)NCc2nnc(SCC(=O)Nc3ccccc3C(F)(F)F)n2-c2cccc(Cl)c2C)cc1. The summed E-state index contributed by atoms with van der Waals surface area (Å²) in [6, 6.07) is 16.5. The van der Waals surface area contributed by atoms with Crippen molar-refractivity contribution in [3.8, 4) is 11.4 Å². The summed E-state index contributed by atoms with van der Waals surface area (Å²) in [7, 11) is 1.53. The van der Waals surface area contributed by atoms with Gasteiger partial charge < -0.3 is 15.4 Å². The molecule has 0 saturated heterocycles. The van der Waals surface area contributed by atoms with E-state index in [0.717, 1.165) is 17.8 Å². The Morgan fingerprint density at radius 1 is 1.02 bits per heavy atom.